The summed E-state index contributed by atoms with van der Waals surface area (Å²) in [4.78, 5) is 21.6. The number of hydrogen-bond donors (Lipinski definition) is 1. The first-order valence-electron chi connectivity index (χ1n) is 10.3. The number of fused-ring (bicyclic) bond motifs is 1. The molecule has 0 saturated carbocycles. The Bertz CT molecular complexity index is 1490. The molecule has 0 fully saturated rings. The van der Waals surface area contributed by atoms with Crippen molar-refractivity contribution in [3.05, 3.63) is 89.0 Å². The van der Waals surface area contributed by atoms with Crippen LogP contribution in [0.4, 0.5) is 5.82 Å². The Labute approximate surface area is 194 Å². The molecule has 5 aromatic rings. The predicted molar refractivity (Wildman–Crippen MR) is 127 cm³/mol. The second-order valence-corrected chi connectivity index (χ2v) is 8.20. The van der Waals surface area contributed by atoms with Crippen molar-refractivity contribution in [3.8, 4) is 11.5 Å². The van der Waals surface area contributed by atoms with E-state index in [0.29, 0.717) is 27.7 Å². The molecule has 0 unspecified atom stereocenters. The van der Waals surface area contributed by atoms with Gasteiger partial charge in [-0.1, -0.05) is 47.5 Å². The number of aromatic nitrogens is 6. The molecule has 1 N–H and O–H groups in total. The van der Waals surface area contributed by atoms with Crippen LogP contribution in [0.3, 0.4) is 0 Å². The summed E-state index contributed by atoms with van der Waals surface area (Å²) in [5, 5.41) is 13.3. The van der Waals surface area contributed by atoms with E-state index < -0.39 is 0 Å². The maximum Gasteiger partial charge on any atom is 0.229 e. The van der Waals surface area contributed by atoms with Crippen LogP contribution in [-0.4, -0.2) is 35.4 Å². The number of hydrogen-bond acceptors (Lipinski definition) is 5. The van der Waals surface area contributed by atoms with Crippen LogP contribution in [0.1, 0.15) is 16.8 Å². The van der Waals surface area contributed by atoms with Crippen molar-refractivity contribution in [3.63, 3.8) is 0 Å². The van der Waals surface area contributed by atoms with Crippen molar-refractivity contribution in [2.75, 3.05) is 5.32 Å². The highest BCUT2D eigenvalue weighted by molar-refractivity contribution is 6.30. The molecule has 8 nitrogen and oxygen atoms in total. The Balaban J connectivity index is 1.50. The fraction of sp³-hybridized carbons (Fsp3) is 0.125. The lowest BCUT2D eigenvalue weighted by Crippen LogP contribution is -2.17. The third kappa shape index (κ3) is 4.20. The molecule has 0 bridgehead atoms. The van der Waals surface area contributed by atoms with E-state index in [1.807, 2.05) is 62.4 Å². The number of benzene rings is 2. The van der Waals surface area contributed by atoms with Crippen LogP contribution in [0.25, 0.3) is 22.5 Å². The molecule has 0 spiro atoms. The molecule has 3 aromatic heterocycles. The van der Waals surface area contributed by atoms with Crippen molar-refractivity contribution in [1.29, 1.82) is 0 Å². The van der Waals surface area contributed by atoms with Gasteiger partial charge in [0.25, 0.3) is 0 Å². The molecule has 3 heterocycles. The normalized spacial score (nSPS) is 11.1. The van der Waals surface area contributed by atoms with Gasteiger partial charge in [0.1, 0.15) is 12.1 Å². The predicted octanol–water partition coefficient (Wildman–Crippen LogP) is 4.45. The summed E-state index contributed by atoms with van der Waals surface area (Å²) < 4.78 is 3.30. The maximum atomic E-state index is 12.8. The maximum absolute atomic E-state index is 12.8. The molecule has 164 valence electrons. The van der Waals surface area contributed by atoms with Gasteiger partial charge < -0.3 is 5.32 Å². The summed E-state index contributed by atoms with van der Waals surface area (Å²) in [5.74, 6) is 0.912. The van der Waals surface area contributed by atoms with Crippen molar-refractivity contribution in [2.45, 2.75) is 20.3 Å². The smallest absolute Gasteiger partial charge is 0.229 e. The number of aryl methyl sites for hydroxylation is 2. The first-order chi connectivity index (χ1) is 16.0. The zero-order valence-corrected chi connectivity index (χ0v) is 18.8. The van der Waals surface area contributed by atoms with Gasteiger partial charge in [0.05, 0.1) is 29.4 Å². The summed E-state index contributed by atoms with van der Waals surface area (Å²) >= 11 is 6.15. The summed E-state index contributed by atoms with van der Waals surface area (Å²) in [6.45, 7) is 3.87. The van der Waals surface area contributed by atoms with Gasteiger partial charge in [-0.3, -0.25) is 4.79 Å². The van der Waals surface area contributed by atoms with E-state index in [1.54, 1.807) is 21.6 Å². The number of rotatable bonds is 5. The molecule has 0 aliphatic carbocycles. The lowest BCUT2D eigenvalue weighted by Gasteiger charge is -2.09. The first-order valence-corrected chi connectivity index (χ1v) is 10.7. The molecule has 33 heavy (non-hydrogen) atoms. The standard InChI is InChI=1S/C24H20ClN7O/c1-15-5-3-6-17(9-15)11-22(33)29-21-10-16(2)30-32(21)24-20-13-28-31(23(20)26-14-27-24)19-8-4-7-18(25)12-19/h3-10,12-14H,11H2,1-2H3,(H,29,33). The Morgan fingerprint density at radius 2 is 1.88 bits per heavy atom. The van der Waals surface area contributed by atoms with Crippen molar-refractivity contribution >= 4 is 34.4 Å². The van der Waals surface area contributed by atoms with Crippen LogP contribution >= 0.6 is 11.6 Å². The zero-order chi connectivity index (χ0) is 22.9. The Morgan fingerprint density at radius 1 is 1.03 bits per heavy atom. The molecule has 2 aromatic carbocycles. The van der Waals surface area contributed by atoms with Crippen LogP contribution in [0.2, 0.25) is 5.02 Å². The van der Waals surface area contributed by atoms with Gasteiger partial charge in [0, 0.05) is 11.1 Å². The molecular weight excluding hydrogens is 438 g/mol. The van der Waals surface area contributed by atoms with Crippen LogP contribution in [0.15, 0.2) is 67.1 Å². The van der Waals surface area contributed by atoms with Crippen molar-refractivity contribution in [1.82, 2.24) is 29.5 Å². The molecule has 0 aliphatic rings. The Kier molecular flexibility index (Phi) is 5.35. The highest BCUT2D eigenvalue weighted by atomic mass is 35.5. The van der Waals surface area contributed by atoms with Crippen LogP contribution < -0.4 is 5.32 Å². The van der Waals surface area contributed by atoms with E-state index in [-0.39, 0.29) is 12.3 Å². The summed E-state index contributed by atoms with van der Waals surface area (Å²) in [5.41, 5.74) is 4.19. The number of nitrogens with zero attached hydrogens (tertiary/aromatic N) is 6. The molecule has 9 heteroatoms. The number of carbonyl (C=O) groups is 1. The zero-order valence-electron chi connectivity index (χ0n) is 18.0. The third-order valence-corrected chi connectivity index (χ3v) is 5.38. The number of nitrogens with one attached hydrogen (secondary N) is 1. The van der Waals surface area contributed by atoms with E-state index in [9.17, 15) is 4.79 Å². The lowest BCUT2D eigenvalue weighted by atomic mass is 10.1. The van der Waals surface area contributed by atoms with Gasteiger partial charge in [-0.05, 0) is 37.6 Å². The van der Waals surface area contributed by atoms with Gasteiger partial charge in [-0.2, -0.15) is 14.9 Å². The number of anilines is 1. The second kappa shape index (κ2) is 8.48. The Morgan fingerprint density at radius 3 is 2.70 bits per heavy atom. The van der Waals surface area contributed by atoms with Crippen LogP contribution in [0.5, 0.6) is 0 Å². The molecule has 0 aliphatic heterocycles. The monoisotopic (exact) mass is 457 g/mol. The minimum absolute atomic E-state index is 0.137. The molecule has 0 radical (unpaired) electrons. The fourth-order valence-corrected chi connectivity index (χ4v) is 3.93. The largest absolute Gasteiger partial charge is 0.310 e. The average Bonchev–Trinajstić information content (AvgIpc) is 3.37. The fourth-order valence-electron chi connectivity index (χ4n) is 3.74. The van der Waals surface area contributed by atoms with Gasteiger partial charge in [-0.25, -0.2) is 14.6 Å². The minimum atomic E-state index is -0.137. The van der Waals surface area contributed by atoms with E-state index in [2.05, 4.69) is 25.5 Å². The van der Waals surface area contributed by atoms with E-state index >= 15 is 0 Å². The SMILES string of the molecule is Cc1cccc(CC(=O)Nc2cc(C)nn2-c2ncnc3c2cnn3-c2cccc(Cl)c2)c1. The van der Waals surface area contributed by atoms with Gasteiger partial charge in [-0.15, -0.1) is 0 Å². The van der Waals surface area contributed by atoms with Crippen molar-refractivity contribution in [2.24, 2.45) is 0 Å². The van der Waals surface area contributed by atoms with Crippen molar-refractivity contribution < 1.29 is 4.79 Å². The van der Waals surface area contributed by atoms with E-state index in [4.69, 9.17) is 11.6 Å². The van der Waals surface area contributed by atoms with Gasteiger partial charge in [0.2, 0.25) is 5.91 Å². The first kappa shape index (κ1) is 20.8. The highest BCUT2D eigenvalue weighted by Crippen LogP contribution is 2.25. The van der Waals surface area contributed by atoms with Gasteiger partial charge in [0.15, 0.2) is 11.5 Å². The summed E-state index contributed by atoms with van der Waals surface area (Å²) in [6, 6.07) is 17.1. The number of carbonyl (C=O) groups excluding carboxylic acids is 1. The molecule has 0 atom stereocenters. The Hall–Kier alpha value is -4.04. The third-order valence-electron chi connectivity index (χ3n) is 5.14. The second-order valence-electron chi connectivity index (χ2n) is 7.77. The summed E-state index contributed by atoms with van der Waals surface area (Å²) in [7, 11) is 0. The molecule has 0 saturated heterocycles. The average molecular weight is 458 g/mol. The minimum Gasteiger partial charge on any atom is -0.310 e. The highest BCUT2D eigenvalue weighted by Gasteiger charge is 2.18. The lowest BCUT2D eigenvalue weighted by molar-refractivity contribution is -0.115. The summed E-state index contributed by atoms with van der Waals surface area (Å²) in [6.07, 6.45) is 3.40. The van der Waals surface area contributed by atoms with Crippen LogP contribution in [-0.2, 0) is 11.2 Å². The van der Waals surface area contributed by atoms with Gasteiger partial charge >= 0.3 is 0 Å². The quantitative estimate of drug-likeness (QED) is 0.421. The van der Waals surface area contributed by atoms with Crippen LogP contribution in [0, 0.1) is 13.8 Å². The number of amides is 1. The number of halogens is 1. The van der Waals surface area contributed by atoms with E-state index in [1.165, 1.54) is 6.33 Å². The molecule has 5 rings (SSSR count). The molecule has 1 amide bonds. The van der Waals surface area contributed by atoms with E-state index in [0.717, 1.165) is 22.5 Å². The topological polar surface area (TPSA) is 90.5 Å². The molecular formula is C24H20ClN7O.